The van der Waals surface area contributed by atoms with E-state index in [0.29, 0.717) is 5.92 Å². The van der Waals surface area contributed by atoms with Gasteiger partial charge in [-0.2, -0.15) is 8.78 Å². The van der Waals surface area contributed by atoms with Crippen LogP contribution in [0, 0.1) is 23.5 Å². The van der Waals surface area contributed by atoms with E-state index in [1.54, 1.807) is 0 Å². The fraction of sp³-hybridized carbons (Fsp3) is 0.619. The number of rotatable bonds is 9. The van der Waals surface area contributed by atoms with Gasteiger partial charge in [0, 0.05) is 0 Å². The first-order valence-electron chi connectivity index (χ1n) is 9.47. The van der Waals surface area contributed by atoms with Crippen LogP contribution in [0.4, 0.5) is 8.78 Å². The number of benzene rings is 1. The van der Waals surface area contributed by atoms with Crippen LogP contribution in [0.1, 0.15) is 58.3 Å². The molecule has 1 aliphatic rings. The third kappa shape index (κ3) is 6.02. The Labute approximate surface area is 150 Å². The molecule has 0 atom stereocenters. The lowest BCUT2D eigenvalue weighted by Crippen LogP contribution is -2.13. The molecule has 0 aliphatic heterocycles. The number of ether oxygens (including phenoxy) is 2. The summed E-state index contributed by atoms with van der Waals surface area (Å²) in [5, 5.41) is 0. The normalized spacial score (nSPS) is 20.8. The van der Waals surface area contributed by atoms with E-state index >= 15 is 0 Å². The largest absolute Gasteiger partial charge is 0.494 e. The van der Waals surface area contributed by atoms with Crippen LogP contribution in [0.3, 0.4) is 0 Å². The first kappa shape index (κ1) is 19.7. The second-order valence-electron chi connectivity index (χ2n) is 6.91. The average Bonchev–Trinajstić information content (AvgIpc) is 2.63. The summed E-state index contributed by atoms with van der Waals surface area (Å²) in [5.41, 5.74) is 0. The highest BCUT2D eigenvalue weighted by Gasteiger charge is 2.19. The fourth-order valence-corrected chi connectivity index (χ4v) is 3.52. The summed E-state index contributed by atoms with van der Waals surface area (Å²) in [6.45, 7) is 2.50. The van der Waals surface area contributed by atoms with Crippen molar-refractivity contribution in [2.75, 3.05) is 13.7 Å². The highest BCUT2D eigenvalue weighted by atomic mass is 19.2. The monoisotopic (exact) mass is 352 g/mol. The summed E-state index contributed by atoms with van der Waals surface area (Å²) in [6.07, 6.45) is 14.5. The third-order valence-corrected chi connectivity index (χ3v) is 5.08. The number of allylic oxidation sites excluding steroid dienone is 1. The van der Waals surface area contributed by atoms with Gasteiger partial charge in [-0.15, -0.1) is 0 Å². The maximum absolute atomic E-state index is 13.8. The van der Waals surface area contributed by atoms with E-state index in [0.717, 1.165) is 5.92 Å². The van der Waals surface area contributed by atoms with Crippen molar-refractivity contribution in [2.24, 2.45) is 11.8 Å². The molecular weight excluding hydrogens is 322 g/mol. The van der Waals surface area contributed by atoms with E-state index in [-0.39, 0.29) is 18.1 Å². The van der Waals surface area contributed by atoms with E-state index in [4.69, 9.17) is 9.47 Å². The summed E-state index contributed by atoms with van der Waals surface area (Å²) in [7, 11) is 1.31. The second kappa shape index (κ2) is 10.4. The van der Waals surface area contributed by atoms with Crippen LogP contribution in [0.5, 0.6) is 11.5 Å². The van der Waals surface area contributed by atoms with E-state index in [2.05, 4.69) is 13.0 Å². The standard InChI is InChI=1S/C21H30F2O2/c1-3-4-5-7-16-9-11-17(12-10-16)8-6-15-25-19-14-13-18(24-2)20(22)21(19)23/h6,8,13-14,16-17H,3-5,7,9-12,15H2,1-2H3/b8-6+. The molecule has 0 saturated heterocycles. The van der Waals surface area contributed by atoms with E-state index in [1.807, 2.05) is 6.08 Å². The lowest BCUT2D eigenvalue weighted by atomic mass is 9.79. The molecule has 1 aliphatic carbocycles. The van der Waals surface area contributed by atoms with Gasteiger partial charge in [-0.25, -0.2) is 0 Å². The Kier molecular flexibility index (Phi) is 8.23. The van der Waals surface area contributed by atoms with E-state index in [9.17, 15) is 8.78 Å². The molecule has 4 heteroatoms. The van der Waals surface area contributed by atoms with Crippen molar-refractivity contribution < 1.29 is 18.3 Å². The number of hydrogen-bond acceptors (Lipinski definition) is 2. The van der Waals surface area contributed by atoms with Crippen molar-refractivity contribution in [3.63, 3.8) is 0 Å². The van der Waals surface area contributed by atoms with Gasteiger partial charge in [0.1, 0.15) is 6.61 Å². The Bertz CT molecular complexity index is 549. The molecule has 0 heterocycles. The SMILES string of the molecule is CCCCCC1CCC(/C=C/COc2ccc(OC)c(F)c2F)CC1. The maximum Gasteiger partial charge on any atom is 0.204 e. The molecule has 0 amide bonds. The Morgan fingerprint density at radius 3 is 2.40 bits per heavy atom. The first-order chi connectivity index (χ1) is 12.2. The average molecular weight is 352 g/mol. The van der Waals surface area contributed by atoms with Crippen LogP contribution in [-0.4, -0.2) is 13.7 Å². The molecule has 25 heavy (non-hydrogen) atoms. The molecule has 2 rings (SSSR count). The molecule has 0 unspecified atom stereocenters. The molecule has 0 spiro atoms. The number of unbranched alkanes of at least 4 members (excludes halogenated alkanes) is 2. The summed E-state index contributed by atoms with van der Waals surface area (Å²) in [6, 6.07) is 2.77. The smallest absolute Gasteiger partial charge is 0.204 e. The van der Waals surface area contributed by atoms with Crippen LogP contribution >= 0.6 is 0 Å². The van der Waals surface area contributed by atoms with Gasteiger partial charge in [0.15, 0.2) is 11.5 Å². The molecule has 2 nitrogen and oxygen atoms in total. The van der Waals surface area contributed by atoms with Crippen molar-refractivity contribution in [3.05, 3.63) is 35.9 Å². The topological polar surface area (TPSA) is 18.5 Å². The predicted octanol–water partition coefficient (Wildman–Crippen LogP) is 6.30. The predicted molar refractivity (Wildman–Crippen MR) is 97.1 cm³/mol. The molecule has 0 bridgehead atoms. The lowest BCUT2D eigenvalue weighted by Gasteiger charge is -2.26. The summed E-state index contributed by atoms with van der Waals surface area (Å²) in [4.78, 5) is 0. The minimum absolute atomic E-state index is 0.0809. The van der Waals surface area contributed by atoms with Crippen molar-refractivity contribution in [2.45, 2.75) is 58.3 Å². The minimum Gasteiger partial charge on any atom is -0.494 e. The Balaban J connectivity index is 1.71. The third-order valence-electron chi connectivity index (χ3n) is 5.08. The maximum atomic E-state index is 13.8. The van der Waals surface area contributed by atoms with Gasteiger partial charge in [-0.05, 0) is 49.7 Å². The quantitative estimate of drug-likeness (QED) is 0.384. The van der Waals surface area contributed by atoms with Gasteiger partial charge in [-0.3, -0.25) is 0 Å². The van der Waals surface area contributed by atoms with Crippen molar-refractivity contribution in [3.8, 4) is 11.5 Å². The summed E-state index contributed by atoms with van der Waals surface area (Å²) < 4.78 is 37.5. The molecular formula is C21H30F2O2. The molecule has 1 aromatic rings. The Hall–Kier alpha value is -1.58. The zero-order chi connectivity index (χ0) is 18.1. The van der Waals surface area contributed by atoms with Crippen molar-refractivity contribution in [1.29, 1.82) is 0 Å². The van der Waals surface area contributed by atoms with Crippen LogP contribution < -0.4 is 9.47 Å². The molecule has 1 fully saturated rings. The molecule has 1 saturated carbocycles. The minimum atomic E-state index is -1.01. The van der Waals surface area contributed by atoms with Gasteiger partial charge in [-0.1, -0.05) is 44.8 Å². The zero-order valence-electron chi connectivity index (χ0n) is 15.4. The first-order valence-corrected chi connectivity index (χ1v) is 9.47. The summed E-state index contributed by atoms with van der Waals surface area (Å²) in [5.74, 6) is -0.725. The van der Waals surface area contributed by atoms with E-state index in [1.165, 1.54) is 70.6 Å². The van der Waals surface area contributed by atoms with Crippen molar-refractivity contribution in [1.82, 2.24) is 0 Å². The number of hydrogen-bond donors (Lipinski definition) is 0. The van der Waals surface area contributed by atoms with Gasteiger partial charge >= 0.3 is 0 Å². The van der Waals surface area contributed by atoms with Gasteiger partial charge in [0.25, 0.3) is 0 Å². The van der Waals surface area contributed by atoms with Crippen LogP contribution in [0.15, 0.2) is 24.3 Å². The van der Waals surface area contributed by atoms with Crippen LogP contribution in [-0.2, 0) is 0 Å². The van der Waals surface area contributed by atoms with Gasteiger partial charge in [0.2, 0.25) is 11.6 Å². The van der Waals surface area contributed by atoms with E-state index < -0.39 is 11.6 Å². The molecule has 0 radical (unpaired) electrons. The molecule has 140 valence electrons. The van der Waals surface area contributed by atoms with Crippen LogP contribution in [0.2, 0.25) is 0 Å². The lowest BCUT2D eigenvalue weighted by molar-refractivity contribution is 0.287. The number of halogens is 2. The Morgan fingerprint density at radius 1 is 1.04 bits per heavy atom. The number of methoxy groups -OCH3 is 1. The second-order valence-corrected chi connectivity index (χ2v) is 6.91. The highest BCUT2D eigenvalue weighted by Crippen LogP contribution is 2.32. The molecule has 0 N–H and O–H groups in total. The zero-order valence-corrected chi connectivity index (χ0v) is 15.4. The van der Waals surface area contributed by atoms with Crippen LogP contribution in [0.25, 0.3) is 0 Å². The highest BCUT2D eigenvalue weighted by molar-refractivity contribution is 5.35. The van der Waals surface area contributed by atoms with Gasteiger partial charge < -0.3 is 9.47 Å². The fourth-order valence-electron chi connectivity index (χ4n) is 3.52. The van der Waals surface area contributed by atoms with Crippen molar-refractivity contribution >= 4 is 0 Å². The molecule has 1 aromatic carbocycles. The molecule has 0 aromatic heterocycles. The van der Waals surface area contributed by atoms with Gasteiger partial charge in [0.05, 0.1) is 7.11 Å². The summed E-state index contributed by atoms with van der Waals surface area (Å²) >= 11 is 0. The Morgan fingerprint density at radius 2 is 1.72 bits per heavy atom.